The highest BCUT2D eigenvalue weighted by Crippen LogP contribution is 2.40. The zero-order valence-electron chi connectivity index (χ0n) is 10.2. The van der Waals surface area contributed by atoms with E-state index in [-0.39, 0.29) is 0 Å². The van der Waals surface area contributed by atoms with Gasteiger partial charge in [0, 0.05) is 11.5 Å². The minimum absolute atomic E-state index is 0.395. The second kappa shape index (κ2) is 3.92. The van der Waals surface area contributed by atoms with Crippen LogP contribution in [0.1, 0.15) is 28.2 Å². The van der Waals surface area contributed by atoms with Crippen LogP contribution in [0, 0.1) is 13.8 Å². The molecular formula is C16H16O. The predicted octanol–water partition coefficient (Wildman–Crippen LogP) is 3.83. The van der Waals surface area contributed by atoms with Crippen LogP contribution in [0.25, 0.3) is 0 Å². The smallest absolute Gasteiger partial charge is 0.123 e. The van der Waals surface area contributed by atoms with Crippen molar-refractivity contribution in [2.45, 2.75) is 19.8 Å². The van der Waals surface area contributed by atoms with E-state index in [1.807, 2.05) is 0 Å². The standard InChI is InChI=1S/C16H16O/c1-11-8-12(2)16-14(10-17-15(16)9-11)13-6-4-3-5-7-13/h3-9,14H,10H2,1-2H3/t14-/m0/s1. The summed E-state index contributed by atoms with van der Waals surface area (Å²) in [6, 6.07) is 15.0. The van der Waals surface area contributed by atoms with Gasteiger partial charge < -0.3 is 4.74 Å². The third-order valence-corrected chi connectivity index (χ3v) is 3.45. The molecule has 1 heteroatoms. The van der Waals surface area contributed by atoms with Gasteiger partial charge in [0.15, 0.2) is 0 Å². The maximum absolute atomic E-state index is 5.83. The van der Waals surface area contributed by atoms with Crippen LogP contribution in [0.2, 0.25) is 0 Å². The molecule has 0 N–H and O–H groups in total. The molecule has 86 valence electrons. The molecule has 0 aliphatic carbocycles. The molecule has 1 atom stereocenters. The van der Waals surface area contributed by atoms with Crippen molar-refractivity contribution in [2.24, 2.45) is 0 Å². The number of aryl methyl sites for hydroxylation is 2. The summed E-state index contributed by atoms with van der Waals surface area (Å²) in [5.74, 6) is 1.46. The summed E-state index contributed by atoms with van der Waals surface area (Å²) in [6.07, 6.45) is 0. The molecule has 0 amide bonds. The molecule has 0 bridgehead atoms. The average molecular weight is 224 g/mol. The number of hydrogen-bond donors (Lipinski definition) is 0. The topological polar surface area (TPSA) is 9.23 Å². The number of benzene rings is 2. The first-order valence-electron chi connectivity index (χ1n) is 6.04. The van der Waals surface area contributed by atoms with Crippen LogP contribution in [0.5, 0.6) is 5.75 Å². The molecule has 0 radical (unpaired) electrons. The van der Waals surface area contributed by atoms with Gasteiger partial charge in [0.1, 0.15) is 5.75 Å². The Morgan fingerprint density at radius 1 is 1.06 bits per heavy atom. The fourth-order valence-electron chi connectivity index (χ4n) is 2.71. The van der Waals surface area contributed by atoms with E-state index in [0.29, 0.717) is 5.92 Å². The van der Waals surface area contributed by atoms with Crippen molar-refractivity contribution < 1.29 is 4.74 Å². The van der Waals surface area contributed by atoms with Crippen molar-refractivity contribution in [2.75, 3.05) is 6.61 Å². The predicted molar refractivity (Wildman–Crippen MR) is 69.7 cm³/mol. The summed E-state index contributed by atoms with van der Waals surface area (Å²) in [5.41, 5.74) is 5.32. The first-order chi connectivity index (χ1) is 8.25. The summed E-state index contributed by atoms with van der Waals surface area (Å²) >= 11 is 0. The quantitative estimate of drug-likeness (QED) is 0.715. The van der Waals surface area contributed by atoms with E-state index in [0.717, 1.165) is 12.4 Å². The second-order valence-corrected chi connectivity index (χ2v) is 4.77. The lowest BCUT2D eigenvalue weighted by molar-refractivity contribution is 0.343. The van der Waals surface area contributed by atoms with Crippen LogP contribution in [0.15, 0.2) is 42.5 Å². The number of fused-ring (bicyclic) bond motifs is 1. The summed E-state index contributed by atoms with van der Waals surface area (Å²) in [4.78, 5) is 0. The van der Waals surface area contributed by atoms with Crippen LogP contribution >= 0.6 is 0 Å². The Labute approximate surface area is 102 Å². The Bertz CT molecular complexity index is 543. The van der Waals surface area contributed by atoms with Crippen molar-refractivity contribution in [3.8, 4) is 5.75 Å². The summed E-state index contributed by atoms with van der Waals surface area (Å²) in [7, 11) is 0. The summed E-state index contributed by atoms with van der Waals surface area (Å²) in [5, 5.41) is 0. The fourth-order valence-corrected chi connectivity index (χ4v) is 2.71. The molecule has 3 rings (SSSR count). The van der Waals surface area contributed by atoms with Gasteiger partial charge in [-0.05, 0) is 36.6 Å². The van der Waals surface area contributed by atoms with Crippen molar-refractivity contribution in [3.05, 3.63) is 64.7 Å². The van der Waals surface area contributed by atoms with E-state index in [2.05, 4.69) is 56.3 Å². The average Bonchev–Trinajstić information content (AvgIpc) is 2.74. The van der Waals surface area contributed by atoms with E-state index < -0.39 is 0 Å². The molecule has 17 heavy (non-hydrogen) atoms. The van der Waals surface area contributed by atoms with Gasteiger partial charge in [-0.2, -0.15) is 0 Å². The van der Waals surface area contributed by atoms with Crippen LogP contribution < -0.4 is 4.74 Å². The lowest BCUT2D eigenvalue weighted by atomic mass is 9.89. The number of hydrogen-bond acceptors (Lipinski definition) is 1. The molecule has 1 nitrogen and oxygen atoms in total. The number of rotatable bonds is 1. The molecule has 0 fully saturated rings. The maximum Gasteiger partial charge on any atom is 0.123 e. The van der Waals surface area contributed by atoms with Crippen LogP contribution in [0.3, 0.4) is 0 Å². The SMILES string of the molecule is Cc1cc(C)c2c(c1)OC[C@H]2c1ccccc1. The molecule has 0 unspecified atom stereocenters. The molecule has 1 aliphatic rings. The highest BCUT2D eigenvalue weighted by atomic mass is 16.5. The first-order valence-corrected chi connectivity index (χ1v) is 6.04. The highest BCUT2D eigenvalue weighted by molar-refractivity contribution is 5.51. The second-order valence-electron chi connectivity index (χ2n) is 4.77. The maximum atomic E-state index is 5.83. The molecule has 0 saturated carbocycles. The van der Waals surface area contributed by atoms with Crippen LogP contribution in [0.4, 0.5) is 0 Å². The van der Waals surface area contributed by atoms with Crippen LogP contribution in [-0.2, 0) is 0 Å². The van der Waals surface area contributed by atoms with Gasteiger partial charge in [0.25, 0.3) is 0 Å². The molecule has 1 aliphatic heterocycles. The Kier molecular flexibility index (Phi) is 2.40. The van der Waals surface area contributed by atoms with Gasteiger partial charge >= 0.3 is 0 Å². The summed E-state index contributed by atoms with van der Waals surface area (Å²) < 4.78 is 5.83. The van der Waals surface area contributed by atoms with E-state index in [4.69, 9.17) is 4.74 Å². The molecular weight excluding hydrogens is 208 g/mol. The molecule has 0 spiro atoms. The fraction of sp³-hybridized carbons (Fsp3) is 0.250. The Morgan fingerprint density at radius 3 is 2.59 bits per heavy atom. The van der Waals surface area contributed by atoms with E-state index in [1.54, 1.807) is 0 Å². The first kappa shape index (κ1) is 10.4. The van der Waals surface area contributed by atoms with Gasteiger partial charge in [-0.15, -0.1) is 0 Å². The molecule has 1 heterocycles. The Hall–Kier alpha value is -1.76. The lowest BCUT2D eigenvalue weighted by Crippen LogP contribution is -2.03. The van der Waals surface area contributed by atoms with E-state index in [9.17, 15) is 0 Å². The zero-order chi connectivity index (χ0) is 11.8. The number of ether oxygens (including phenoxy) is 1. The summed E-state index contributed by atoms with van der Waals surface area (Å²) in [6.45, 7) is 5.06. The molecule has 0 aromatic heterocycles. The Morgan fingerprint density at radius 2 is 1.82 bits per heavy atom. The Balaban J connectivity index is 2.10. The van der Waals surface area contributed by atoms with E-state index in [1.165, 1.54) is 22.3 Å². The van der Waals surface area contributed by atoms with Gasteiger partial charge in [-0.25, -0.2) is 0 Å². The van der Waals surface area contributed by atoms with Crippen molar-refractivity contribution in [1.29, 1.82) is 0 Å². The van der Waals surface area contributed by atoms with Gasteiger partial charge in [0.05, 0.1) is 6.61 Å². The highest BCUT2D eigenvalue weighted by Gasteiger charge is 2.27. The minimum atomic E-state index is 0.395. The van der Waals surface area contributed by atoms with E-state index >= 15 is 0 Å². The third-order valence-electron chi connectivity index (χ3n) is 3.45. The van der Waals surface area contributed by atoms with Crippen molar-refractivity contribution in [3.63, 3.8) is 0 Å². The zero-order valence-corrected chi connectivity index (χ0v) is 10.2. The third kappa shape index (κ3) is 1.72. The minimum Gasteiger partial charge on any atom is -0.492 e. The van der Waals surface area contributed by atoms with Gasteiger partial charge in [0.2, 0.25) is 0 Å². The van der Waals surface area contributed by atoms with Gasteiger partial charge in [-0.1, -0.05) is 36.4 Å². The van der Waals surface area contributed by atoms with Crippen LogP contribution in [-0.4, -0.2) is 6.61 Å². The van der Waals surface area contributed by atoms with Crippen molar-refractivity contribution in [1.82, 2.24) is 0 Å². The van der Waals surface area contributed by atoms with Crippen molar-refractivity contribution >= 4 is 0 Å². The normalized spacial score (nSPS) is 17.6. The lowest BCUT2D eigenvalue weighted by Gasteiger charge is -2.11. The molecule has 2 aromatic carbocycles. The monoisotopic (exact) mass is 224 g/mol. The molecule has 2 aromatic rings. The molecule has 0 saturated heterocycles. The largest absolute Gasteiger partial charge is 0.492 e. The van der Waals surface area contributed by atoms with Gasteiger partial charge in [-0.3, -0.25) is 0 Å².